The third-order valence-corrected chi connectivity index (χ3v) is 3.96. The molecular weight excluding hydrogens is 244 g/mol. The summed E-state index contributed by atoms with van der Waals surface area (Å²) in [6.45, 7) is 17.4. The van der Waals surface area contributed by atoms with E-state index in [0.29, 0.717) is 6.54 Å². The molecule has 0 bridgehead atoms. The molecule has 0 saturated carbocycles. The lowest BCUT2D eigenvalue weighted by Crippen LogP contribution is -2.46. The van der Waals surface area contributed by atoms with Gasteiger partial charge in [0.2, 0.25) is 0 Å². The summed E-state index contributed by atoms with van der Waals surface area (Å²) >= 11 is 0. The summed E-state index contributed by atoms with van der Waals surface area (Å²) in [5.41, 5.74) is 9.07. The normalized spacial score (nSPS) is 14.7. The van der Waals surface area contributed by atoms with E-state index in [1.165, 1.54) is 11.1 Å². The average molecular weight is 276 g/mol. The van der Waals surface area contributed by atoms with E-state index >= 15 is 0 Å². The van der Waals surface area contributed by atoms with E-state index in [-0.39, 0.29) is 17.0 Å². The maximum atomic E-state index is 6.06. The maximum absolute atomic E-state index is 6.06. The van der Waals surface area contributed by atoms with Gasteiger partial charge in [0.25, 0.3) is 0 Å². The number of rotatable bonds is 4. The van der Waals surface area contributed by atoms with Crippen molar-refractivity contribution in [1.29, 1.82) is 0 Å². The summed E-state index contributed by atoms with van der Waals surface area (Å²) < 4.78 is 0. The van der Waals surface area contributed by atoms with Crippen LogP contribution in [0.1, 0.15) is 65.6 Å². The Morgan fingerprint density at radius 1 is 1.00 bits per heavy atom. The lowest BCUT2D eigenvalue weighted by Gasteiger charge is -2.41. The summed E-state index contributed by atoms with van der Waals surface area (Å²) in [5.74, 6) is 0. The fourth-order valence-electron chi connectivity index (χ4n) is 2.81. The van der Waals surface area contributed by atoms with Crippen LogP contribution in [0.25, 0.3) is 0 Å². The molecular formula is C18H32N2. The first kappa shape index (κ1) is 17.2. The van der Waals surface area contributed by atoms with Crippen molar-refractivity contribution >= 4 is 0 Å². The number of likely N-dealkylation sites (N-methyl/N-ethyl adjacent to an activating group) is 1. The molecule has 0 aliphatic carbocycles. The van der Waals surface area contributed by atoms with Crippen LogP contribution in [-0.2, 0) is 5.41 Å². The van der Waals surface area contributed by atoms with Crippen molar-refractivity contribution in [3.63, 3.8) is 0 Å². The number of hydrogen-bond acceptors (Lipinski definition) is 2. The molecule has 1 rings (SSSR count). The molecule has 2 heteroatoms. The summed E-state index contributed by atoms with van der Waals surface area (Å²) in [6.07, 6.45) is 0. The van der Waals surface area contributed by atoms with Crippen molar-refractivity contribution in [1.82, 2.24) is 4.90 Å². The predicted molar refractivity (Wildman–Crippen MR) is 89.1 cm³/mol. The van der Waals surface area contributed by atoms with Gasteiger partial charge in [0, 0.05) is 18.1 Å². The number of benzene rings is 1. The molecule has 0 heterocycles. The first-order valence-corrected chi connectivity index (χ1v) is 7.68. The summed E-state index contributed by atoms with van der Waals surface area (Å²) in [4.78, 5) is 2.47. The second kappa shape index (κ2) is 6.28. The molecule has 0 aliphatic heterocycles. The van der Waals surface area contributed by atoms with Gasteiger partial charge in [-0.25, -0.2) is 0 Å². The molecule has 0 aromatic heterocycles. The monoisotopic (exact) mass is 276 g/mol. The van der Waals surface area contributed by atoms with E-state index in [0.717, 1.165) is 6.54 Å². The van der Waals surface area contributed by atoms with Gasteiger partial charge in [-0.3, -0.25) is 4.90 Å². The van der Waals surface area contributed by atoms with Gasteiger partial charge in [-0.2, -0.15) is 0 Å². The molecule has 0 saturated heterocycles. The van der Waals surface area contributed by atoms with Gasteiger partial charge in [0.05, 0.1) is 0 Å². The molecule has 1 aromatic carbocycles. The Labute approximate surface area is 125 Å². The van der Waals surface area contributed by atoms with Gasteiger partial charge in [0.1, 0.15) is 0 Å². The Morgan fingerprint density at radius 3 is 1.80 bits per heavy atom. The SMILES string of the molecule is CCN(C(CN)c1ccc(C(C)(C)C)cc1)C(C)(C)C. The summed E-state index contributed by atoms with van der Waals surface area (Å²) in [6, 6.07) is 9.26. The topological polar surface area (TPSA) is 29.3 Å². The second-order valence-electron chi connectivity index (χ2n) is 7.58. The van der Waals surface area contributed by atoms with Crippen LogP contribution in [0.4, 0.5) is 0 Å². The molecule has 1 aromatic rings. The van der Waals surface area contributed by atoms with E-state index in [4.69, 9.17) is 5.73 Å². The van der Waals surface area contributed by atoms with Gasteiger partial charge in [-0.05, 0) is 43.9 Å². The van der Waals surface area contributed by atoms with E-state index in [2.05, 4.69) is 77.6 Å². The molecule has 1 unspecified atom stereocenters. The zero-order valence-corrected chi connectivity index (χ0v) is 14.3. The molecule has 114 valence electrons. The Morgan fingerprint density at radius 2 is 1.50 bits per heavy atom. The molecule has 2 N–H and O–H groups in total. The zero-order chi connectivity index (χ0) is 15.6. The number of hydrogen-bond donors (Lipinski definition) is 1. The van der Waals surface area contributed by atoms with Crippen LogP contribution >= 0.6 is 0 Å². The van der Waals surface area contributed by atoms with Crippen molar-refractivity contribution in [2.75, 3.05) is 13.1 Å². The smallest absolute Gasteiger partial charge is 0.0475 e. The van der Waals surface area contributed by atoms with Crippen LogP contribution in [0.5, 0.6) is 0 Å². The third kappa shape index (κ3) is 4.07. The second-order valence-corrected chi connectivity index (χ2v) is 7.58. The third-order valence-electron chi connectivity index (χ3n) is 3.96. The highest BCUT2D eigenvalue weighted by atomic mass is 15.2. The van der Waals surface area contributed by atoms with Crippen molar-refractivity contribution in [3.8, 4) is 0 Å². The zero-order valence-electron chi connectivity index (χ0n) is 14.3. The average Bonchev–Trinajstić information content (AvgIpc) is 2.33. The minimum atomic E-state index is 0.126. The van der Waals surface area contributed by atoms with Gasteiger partial charge in [-0.15, -0.1) is 0 Å². The highest BCUT2D eigenvalue weighted by Crippen LogP contribution is 2.29. The van der Waals surface area contributed by atoms with Crippen LogP contribution in [0, 0.1) is 0 Å². The maximum Gasteiger partial charge on any atom is 0.0475 e. The molecule has 1 atom stereocenters. The predicted octanol–water partition coefficient (Wildman–Crippen LogP) is 4.10. The van der Waals surface area contributed by atoms with Crippen LogP contribution < -0.4 is 5.73 Å². The standard InChI is InChI=1S/C18H32N2/c1-8-20(18(5,6)7)16(13-19)14-9-11-15(12-10-14)17(2,3)4/h9-12,16H,8,13,19H2,1-7H3. The Bertz CT molecular complexity index is 407. The highest BCUT2D eigenvalue weighted by Gasteiger charge is 2.27. The van der Waals surface area contributed by atoms with E-state index < -0.39 is 0 Å². The molecule has 20 heavy (non-hydrogen) atoms. The van der Waals surface area contributed by atoms with Crippen LogP contribution in [0.3, 0.4) is 0 Å². The fraction of sp³-hybridized carbons (Fsp3) is 0.667. The Balaban J connectivity index is 3.07. The van der Waals surface area contributed by atoms with Crippen LogP contribution in [-0.4, -0.2) is 23.5 Å². The highest BCUT2D eigenvalue weighted by molar-refractivity contribution is 5.29. The number of nitrogens with zero attached hydrogens (tertiary/aromatic N) is 1. The van der Waals surface area contributed by atoms with Crippen molar-refractivity contribution in [3.05, 3.63) is 35.4 Å². The van der Waals surface area contributed by atoms with Crippen molar-refractivity contribution in [2.24, 2.45) is 5.73 Å². The lowest BCUT2D eigenvalue weighted by atomic mass is 9.86. The molecule has 0 amide bonds. The molecule has 0 spiro atoms. The van der Waals surface area contributed by atoms with Gasteiger partial charge < -0.3 is 5.73 Å². The molecule has 0 fully saturated rings. The van der Waals surface area contributed by atoms with Gasteiger partial charge in [0.15, 0.2) is 0 Å². The van der Waals surface area contributed by atoms with Gasteiger partial charge in [-0.1, -0.05) is 52.0 Å². The minimum Gasteiger partial charge on any atom is -0.329 e. The summed E-state index contributed by atoms with van der Waals surface area (Å²) in [5, 5.41) is 0. The van der Waals surface area contributed by atoms with E-state index in [1.54, 1.807) is 0 Å². The van der Waals surface area contributed by atoms with Crippen LogP contribution in [0.2, 0.25) is 0 Å². The van der Waals surface area contributed by atoms with Gasteiger partial charge >= 0.3 is 0 Å². The van der Waals surface area contributed by atoms with E-state index in [1.807, 2.05) is 0 Å². The molecule has 0 aliphatic rings. The first-order chi connectivity index (χ1) is 9.11. The quantitative estimate of drug-likeness (QED) is 0.897. The largest absolute Gasteiger partial charge is 0.329 e. The van der Waals surface area contributed by atoms with E-state index in [9.17, 15) is 0 Å². The summed E-state index contributed by atoms with van der Waals surface area (Å²) in [7, 11) is 0. The first-order valence-electron chi connectivity index (χ1n) is 7.68. The Hall–Kier alpha value is -0.860. The Kier molecular flexibility index (Phi) is 5.39. The lowest BCUT2D eigenvalue weighted by molar-refractivity contribution is 0.0919. The molecule has 0 radical (unpaired) electrons. The van der Waals surface area contributed by atoms with Crippen molar-refractivity contribution < 1.29 is 0 Å². The minimum absolute atomic E-state index is 0.126. The van der Waals surface area contributed by atoms with Crippen molar-refractivity contribution in [2.45, 2.75) is 65.5 Å². The van der Waals surface area contributed by atoms with Crippen LogP contribution in [0.15, 0.2) is 24.3 Å². The number of nitrogens with two attached hydrogens (primary N) is 1. The fourth-order valence-corrected chi connectivity index (χ4v) is 2.81. The molecule has 2 nitrogen and oxygen atoms in total.